The fourth-order valence-electron chi connectivity index (χ4n) is 3.87. The van der Waals surface area contributed by atoms with Gasteiger partial charge in [0.15, 0.2) is 9.84 Å². The molecule has 0 saturated carbocycles. The molecule has 2 saturated heterocycles. The van der Waals surface area contributed by atoms with Crippen LogP contribution in [0, 0.1) is 11.3 Å². The van der Waals surface area contributed by atoms with Gasteiger partial charge in [-0.2, -0.15) is 0 Å². The second kappa shape index (κ2) is 6.67. The highest BCUT2D eigenvalue weighted by Gasteiger charge is 2.33. The van der Waals surface area contributed by atoms with Crippen molar-refractivity contribution in [3.05, 3.63) is 0 Å². The minimum Gasteiger partial charge on any atom is -0.343 e. The molecule has 1 unspecified atom stereocenters. The molecule has 4 nitrogen and oxygen atoms in total. The Hall–Kier alpha value is -0.580. The van der Waals surface area contributed by atoms with Gasteiger partial charge in [-0.15, -0.1) is 0 Å². The van der Waals surface area contributed by atoms with Gasteiger partial charge >= 0.3 is 0 Å². The second-order valence-corrected chi connectivity index (χ2v) is 9.14. The van der Waals surface area contributed by atoms with Gasteiger partial charge in [0, 0.05) is 19.5 Å². The highest BCUT2D eigenvalue weighted by molar-refractivity contribution is 7.91. The number of nitrogens with zero attached hydrogens (tertiary/aromatic N) is 1. The molecule has 1 amide bonds. The van der Waals surface area contributed by atoms with Gasteiger partial charge in [-0.3, -0.25) is 4.79 Å². The van der Waals surface area contributed by atoms with Crippen LogP contribution in [-0.2, 0) is 14.6 Å². The van der Waals surface area contributed by atoms with Gasteiger partial charge in [-0.25, -0.2) is 8.42 Å². The molecule has 0 radical (unpaired) electrons. The molecule has 2 rings (SSSR count). The van der Waals surface area contributed by atoms with Gasteiger partial charge in [-0.1, -0.05) is 26.7 Å². The van der Waals surface area contributed by atoms with Crippen LogP contribution in [0.4, 0.5) is 0 Å². The molecule has 0 aromatic carbocycles. The first-order valence-corrected chi connectivity index (χ1v) is 10.2. The summed E-state index contributed by atoms with van der Waals surface area (Å²) in [5, 5.41) is 0. The molecular formula is C16H29NO3S. The number of carbonyl (C=O) groups is 1. The maximum absolute atomic E-state index is 12.4. The summed E-state index contributed by atoms with van der Waals surface area (Å²) in [7, 11) is -2.88. The van der Waals surface area contributed by atoms with E-state index in [4.69, 9.17) is 0 Å². The van der Waals surface area contributed by atoms with Crippen molar-refractivity contribution in [2.45, 2.75) is 58.8 Å². The second-order valence-electron chi connectivity index (χ2n) is 6.91. The molecule has 2 heterocycles. The lowest BCUT2D eigenvalue weighted by molar-refractivity contribution is -0.132. The van der Waals surface area contributed by atoms with E-state index in [1.807, 2.05) is 4.90 Å². The van der Waals surface area contributed by atoms with E-state index in [0.717, 1.165) is 25.9 Å². The normalized spacial score (nSPS) is 28.3. The van der Waals surface area contributed by atoms with Crippen molar-refractivity contribution >= 4 is 15.7 Å². The number of hydrogen-bond donors (Lipinski definition) is 0. The predicted octanol–water partition coefficient (Wildman–Crippen LogP) is 2.63. The molecule has 0 aromatic heterocycles. The van der Waals surface area contributed by atoms with Crippen LogP contribution in [-0.4, -0.2) is 43.8 Å². The Bertz CT molecular complexity index is 468. The fraction of sp³-hybridized carbons (Fsp3) is 0.938. The summed E-state index contributed by atoms with van der Waals surface area (Å²) in [5.74, 6) is 0.688. The number of amides is 1. The third-order valence-corrected chi connectivity index (χ3v) is 7.53. The topological polar surface area (TPSA) is 54.5 Å². The summed E-state index contributed by atoms with van der Waals surface area (Å²) in [6, 6.07) is 0. The van der Waals surface area contributed by atoms with Crippen LogP contribution >= 0.6 is 0 Å². The third kappa shape index (κ3) is 4.21. The van der Waals surface area contributed by atoms with Crippen LogP contribution in [0.3, 0.4) is 0 Å². The number of likely N-dealkylation sites (tertiary alicyclic amines) is 1. The molecule has 0 aromatic rings. The quantitative estimate of drug-likeness (QED) is 0.801. The summed E-state index contributed by atoms with van der Waals surface area (Å²) in [6.07, 6.45) is 6.84. The van der Waals surface area contributed by atoms with Crippen LogP contribution in [0.1, 0.15) is 58.8 Å². The largest absolute Gasteiger partial charge is 0.343 e. The standard InChI is InChI=1S/C16H29NO3S/c1-3-16(4-2)7-5-9-17(10-8-16)15(18)12-14-6-11-21(19,20)13-14/h14H,3-13H2,1-2H3. The van der Waals surface area contributed by atoms with Crippen molar-refractivity contribution in [1.82, 2.24) is 4.90 Å². The molecule has 2 fully saturated rings. The number of hydrogen-bond acceptors (Lipinski definition) is 3. The van der Waals surface area contributed by atoms with E-state index in [0.29, 0.717) is 18.3 Å². The lowest BCUT2D eigenvalue weighted by Gasteiger charge is -2.30. The maximum Gasteiger partial charge on any atom is 0.222 e. The smallest absolute Gasteiger partial charge is 0.222 e. The van der Waals surface area contributed by atoms with Gasteiger partial charge in [0.25, 0.3) is 0 Å². The molecule has 122 valence electrons. The van der Waals surface area contributed by atoms with Gasteiger partial charge < -0.3 is 4.90 Å². The van der Waals surface area contributed by atoms with Crippen molar-refractivity contribution in [2.75, 3.05) is 24.6 Å². The van der Waals surface area contributed by atoms with E-state index < -0.39 is 9.84 Å². The first kappa shape index (κ1) is 16.8. The van der Waals surface area contributed by atoms with Crippen LogP contribution in [0.15, 0.2) is 0 Å². The molecule has 5 heteroatoms. The molecular weight excluding hydrogens is 286 g/mol. The van der Waals surface area contributed by atoms with Crippen LogP contribution in [0.5, 0.6) is 0 Å². The van der Waals surface area contributed by atoms with E-state index in [9.17, 15) is 13.2 Å². The minimum atomic E-state index is -2.88. The van der Waals surface area contributed by atoms with Crippen LogP contribution < -0.4 is 0 Å². The van der Waals surface area contributed by atoms with E-state index in [-0.39, 0.29) is 23.3 Å². The molecule has 2 aliphatic heterocycles. The number of carbonyl (C=O) groups excluding carboxylic acids is 1. The molecule has 1 atom stereocenters. The van der Waals surface area contributed by atoms with Crippen LogP contribution in [0.25, 0.3) is 0 Å². The average Bonchev–Trinajstić information content (AvgIpc) is 2.67. The third-order valence-electron chi connectivity index (χ3n) is 5.69. The van der Waals surface area contributed by atoms with Crippen molar-refractivity contribution in [3.8, 4) is 0 Å². The Labute approximate surface area is 129 Å². The van der Waals surface area contributed by atoms with Crippen molar-refractivity contribution < 1.29 is 13.2 Å². The zero-order valence-electron chi connectivity index (χ0n) is 13.4. The van der Waals surface area contributed by atoms with Crippen molar-refractivity contribution in [3.63, 3.8) is 0 Å². The SMILES string of the molecule is CCC1(CC)CCCN(C(=O)CC2CCS(=O)(=O)C2)CC1. The van der Waals surface area contributed by atoms with Gasteiger partial charge in [0.05, 0.1) is 11.5 Å². The minimum absolute atomic E-state index is 0.0489. The first-order chi connectivity index (χ1) is 9.90. The van der Waals surface area contributed by atoms with E-state index >= 15 is 0 Å². The number of rotatable bonds is 4. The summed E-state index contributed by atoms with van der Waals surface area (Å²) >= 11 is 0. The summed E-state index contributed by atoms with van der Waals surface area (Å²) in [4.78, 5) is 14.4. The zero-order chi connectivity index (χ0) is 15.5. The predicted molar refractivity (Wildman–Crippen MR) is 84.8 cm³/mol. The highest BCUT2D eigenvalue weighted by Crippen LogP contribution is 2.38. The van der Waals surface area contributed by atoms with Gasteiger partial charge in [0.2, 0.25) is 5.91 Å². The maximum atomic E-state index is 12.4. The monoisotopic (exact) mass is 315 g/mol. The molecule has 21 heavy (non-hydrogen) atoms. The van der Waals surface area contributed by atoms with Crippen molar-refractivity contribution in [2.24, 2.45) is 11.3 Å². The van der Waals surface area contributed by atoms with Gasteiger partial charge in [0.1, 0.15) is 0 Å². The Morgan fingerprint density at radius 3 is 2.48 bits per heavy atom. The highest BCUT2D eigenvalue weighted by atomic mass is 32.2. The Morgan fingerprint density at radius 1 is 1.19 bits per heavy atom. The van der Waals surface area contributed by atoms with E-state index in [1.54, 1.807) is 0 Å². The lowest BCUT2D eigenvalue weighted by atomic mass is 9.76. The number of sulfone groups is 1. The Balaban J connectivity index is 1.89. The van der Waals surface area contributed by atoms with E-state index in [1.165, 1.54) is 19.3 Å². The Morgan fingerprint density at radius 2 is 1.90 bits per heavy atom. The van der Waals surface area contributed by atoms with Gasteiger partial charge in [-0.05, 0) is 37.0 Å². The zero-order valence-corrected chi connectivity index (χ0v) is 14.3. The summed E-state index contributed by atoms with van der Waals surface area (Å²) in [5.41, 5.74) is 0.408. The summed E-state index contributed by atoms with van der Waals surface area (Å²) < 4.78 is 23.0. The molecule has 0 N–H and O–H groups in total. The average molecular weight is 315 g/mol. The molecule has 2 aliphatic rings. The van der Waals surface area contributed by atoms with E-state index in [2.05, 4.69) is 13.8 Å². The lowest BCUT2D eigenvalue weighted by Crippen LogP contribution is -2.34. The molecule has 0 spiro atoms. The van der Waals surface area contributed by atoms with Crippen LogP contribution in [0.2, 0.25) is 0 Å². The van der Waals surface area contributed by atoms with Crippen molar-refractivity contribution in [1.29, 1.82) is 0 Å². The molecule has 0 aliphatic carbocycles. The first-order valence-electron chi connectivity index (χ1n) is 8.38. The Kier molecular flexibility index (Phi) is 5.33. The fourth-order valence-corrected chi connectivity index (χ4v) is 5.73. The summed E-state index contributed by atoms with van der Waals surface area (Å²) in [6.45, 7) is 6.20. The molecule has 0 bridgehead atoms.